The number of carbonyl (C=O) groups excluding carboxylic acids is 1. The Hall–Kier alpha value is -2.61. The average molecular weight is 369 g/mol. The molecule has 134 valence electrons. The SMILES string of the molecule is CCCc1nnsc1C(=O)N1CC(c2nc(Cc3ccccc3)no2)C1. The van der Waals surface area contributed by atoms with Crippen LogP contribution in [-0.4, -0.2) is 43.6 Å². The summed E-state index contributed by atoms with van der Waals surface area (Å²) >= 11 is 1.17. The molecule has 2 aromatic heterocycles. The van der Waals surface area contributed by atoms with Crippen molar-refractivity contribution in [3.63, 3.8) is 0 Å². The average Bonchev–Trinajstić information content (AvgIpc) is 3.25. The summed E-state index contributed by atoms with van der Waals surface area (Å²) in [6, 6.07) is 10.0. The number of nitrogens with zero attached hydrogens (tertiary/aromatic N) is 5. The van der Waals surface area contributed by atoms with Crippen LogP contribution in [0.1, 0.15) is 51.9 Å². The molecular weight excluding hydrogens is 350 g/mol. The van der Waals surface area contributed by atoms with E-state index in [2.05, 4.69) is 26.7 Å². The maximum Gasteiger partial charge on any atom is 0.267 e. The first-order chi connectivity index (χ1) is 12.7. The van der Waals surface area contributed by atoms with E-state index < -0.39 is 0 Å². The Morgan fingerprint density at radius 3 is 2.88 bits per heavy atom. The highest BCUT2D eigenvalue weighted by molar-refractivity contribution is 7.08. The molecular formula is C18H19N5O2S. The Kier molecular flexibility index (Phi) is 4.75. The smallest absolute Gasteiger partial charge is 0.267 e. The van der Waals surface area contributed by atoms with Crippen molar-refractivity contribution in [3.05, 3.63) is 58.2 Å². The number of hydrogen-bond acceptors (Lipinski definition) is 7. The molecule has 1 aromatic carbocycles. The predicted molar refractivity (Wildman–Crippen MR) is 96.1 cm³/mol. The molecule has 26 heavy (non-hydrogen) atoms. The molecule has 0 bridgehead atoms. The number of carbonyl (C=O) groups is 1. The molecule has 7 nitrogen and oxygen atoms in total. The monoisotopic (exact) mass is 369 g/mol. The van der Waals surface area contributed by atoms with E-state index in [0.29, 0.717) is 36.1 Å². The number of aryl methyl sites for hydroxylation is 1. The van der Waals surface area contributed by atoms with Gasteiger partial charge in [0.2, 0.25) is 5.89 Å². The van der Waals surface area contributed by atoms with Crippen molar-refractivity contribution in [3.8, 4) is 0 Å². The number of benzene rings is 1. The zero-order chi connectivity index (χ0) is 17.9. The van der Waals surface area contributed by atoms with Gasteiger partial charge in [-0.1, -0.05) is 53.3 Å². The minimum Gasteiger partial charge on any atom is -0.339 e. The van der Waals surface area contributed by atoms with E-state index in [1.807, 2.05) is 30.3 Å². The molecule has 1 amide bonds. The fourth-order valence-corrected chi connectivity index (χ4v) is 3.68. The second kappa shape index (κ2) is 7.33. The Balaban J connectivity index is 1.36. The van der Waals surface area contributed by atoms with Crippen molar-refractivity contribution in [2.45, 2.75) is 32.1 Å². The van der Waals surface area contributed by atoms with Crippen LogP contribution in [0.25, 0.3) is 0 Å². The highest BCUT2D eigenvalue weighted by Gasteiger charge is 2.37. The fraction of sp³-hybridized carbons (Fsp3) is 0.389. The summed E-state index contributed by atoms with van der Waals surface area (Å²) in [5.74, 6) is 1.39. The Bertz CT molecular complexity index is 886. The predicted octanol–water partition coefficient (Wildman–Crippen LogP) is 2.70. The highest BCUT2D eigenvalue weighted by atomic mass is 32.1. The Labute approximate surface area is 155 Å². The van der Waals surface area contributed by atoms with Gasteiger partial charge in [0.1, 0.15) is 4.88 Å². The summed E-state index contributed by atoms with van der Waals surface area (Å²) in [6.07, 6.45) is 2.37. The number of aromatic nitrogens is 4. The standard InChI is InChI=1S/C18H19N5O2S/c1-2-6-14-16(26-22-20-14)18(24)23-10-13(11-23)17-19-15(21-25-17)9-12-7-4-3-5-8-12/h3-5,7-8,13H,2,6,9-11H2,1H3. The number of rotatable bonds is 6. The summed E-state index contributed by atoms with van der Waals surface area (Å²) in [7, 11) is 0. The van der Waals surface area contributed by atoms with Crippen LogP contribution in [0.15, 0.2) is 34.9 Å². The largest absolute Gasteiger partial charge is 0.339 e. The number of amides is 1. The van der Waals surface area contributed by atoms with Crippen LogP contribution in [0.3, 0.4) is 0 Å². The molecule has 0 atom stereocenters. The molecule has 0 spiro atoms. The molecule has 0 N–H and O–H groups in total. The van der Waals surface area contributed by atoms with Gasteiger partial charge in [-0.15, -0.1) is 5.10 Å². The van der Waals surface area contributed by atoms with E-state index in [0.717, 1.165) is 24.1 Å². The normalized spacial score (nSPS) is 14.4. The van der Waals surface area contributed by atoms with E-state index in [4.69, 9.17) is 4.52 Å². The third-order valence-electron chi connectivity index (χ3n) is 4.44. The summed E-state index contributed by atoms with van der Waals surface area (Å²) in [6.45, 7) is 3.25. The summed E-state index contributed by atoms with van der Waals surface area (Å²) in [4.78, 5) is 19.5. The molecule has 4 rings (SSSR count). The first kappa shape index (κ1) is 16.8. The maximum absolute atomic E-state index is 12.6. The third-order valence-corrected chi connectivity index (χ3v) is 5.20. The molecule has 1 aliphatic heterocycles. The van der Waals surface area contributed by atoms with Crippen molar-refractivity contribution >= 4 is 17.4 Å². The van der Waals surface area contributed by atoms with Gasteiger partial charge >= 0.3 is 0 Å². The molecule has 3 aromatic rings. The quantitative estimate of drug-likeness (QED) is 0.664. The van der Waals surface area contributed by atoms with Gasteiger partial charge < -0.3 is 9.42 Å². The molecule has 0 radical (unpaired) electrons. The molecule has 0 unspecified atom stereocenters. The third kappa shape index (κ3) is 3.37. The van der Waals surface area contributed by atoms with Crippen molar-refractivity contribution in [1.29, 1.82) is 0 Å². The molecule has 1 saturated heterocycles. The first-order valence-corrected chi connectivity index (χ1v) is 9.49. The molecule has 1 aliphatic rings. The van der Waals surface area contributed by atoms with Gasteiger partial charge in [0.05, 0.1) is 11.6 Å². The van der Waals surface area contributed by atoms with Crippen molar-refractivity contribution in [2.24, 2.45) is 0 Å². The first-order valence-electron chi connectivity index (χ1n) is 8.71. The van der Waals surface area contributed by atoms with Crippen LogP contribution in [0.4, 0.5) is 0 Å². The Morgan fingerprint density at radius 1 is 1.31 bits per heavy atom. The minimum absolute atomic E-state index is 0.00345. The van der Waals surface area contributed by atoms with Crippen LogP contribution in [0.2, 0.25) is 0 Å². The van der Waals surface area contributed by atoms with E-state index in [1.165, 1.54) is 11.5 Å². The number of hydrogen-bond donors (Lipinski definition) is 0. The van der Waals surface area contributed by atoms with Gasteiger partial charge in [0.25, 0.3) is 5.91 Å². The van der Waals surface area contributed by atoms with Gasteiger partial charge in [-0.3, -0.25) is 4.79 Å². The maximum atomic E-state index is 12.6. The lowest BCUT2D eigenvalue weighted by Crippen LogP contribution is -2.48. The molecule has 3 heterocycles. The van der Waals surface area contributed by atoms with E-state index in [-0.39, 0.29) is 11.8 Å². The van der Waals surface area contributed by atoms with Crippen molar-refractivity contribution < 1.29 is 9.32 Å². The van der Waals surface area contributed by atoms with E-state index >= 15 is 0 Å². The van der Waals surface area contributed by atoms with Crippen LogP contribution in [0, 0.1) is 0 Å². The molecule has 0 saturated carbocycles. The van der Waals surface area contributed by atoms with E-state index in [9.17, 15) is 4.79 Å². The molecule has 8 heteroatoms. The second-order valence-corrected chi connectivity index (χ2v) is 7.17. The van der Waals surface area contributed by atoms with Crippen LogP contribution in [0.5, 0.6) is 0 Å². The zero-order valence-electron chi connectivity index (χ0n) is 14.5. The molecule has 1 fully saturated rings. The topological polar surface area (TPSA) is 85.0 Å². The van der Waals surface area contributed by atoms with Crippen molar-refractivity contribution in [1.82, 2.24) is 24.6 Å². The van der Waals surface area contributed by atoms with Crippen LogP contribution >= 0.6 is 11.5 Å². The van der Waals surface area contributed by atoms with Gasteiger partial charge in [-0.05, 0) is 23.5 Å². The summed E-state index contributed by atoms with van der Waals surface area (Å²) < 4.78 is 9.33. The minimum atomic E-state index is 0.00345. The lowest BCUT2D eigenvalue weighted by Gasteiger charge is -2.36. The van der Waals surface area contributed by atoms with Crippen LogP contribution < -0.4 is 0 Å². The number of likely N-dealkylation sites (tertiary alicyclic amines) is 1. The van der Waals surface area contributed by atoms with Gasteiger partial charge in [0.15, 0.2) is 5.82 Å². The summed E-state index contributed by atoms with van der Waals surface area (Å²) in [5, 5.41) is 8.13. The lowest BCUT2D eigenvalue weighted by atomic mass is 9.99. The Morgan fingerprint density at radius 2 is 2.12 bits per heavy atom. The summed E-state index contributed by atoms with van der Waals surface area (Å²) in [5.41, 5.74) is 1.94. The van der Waals surface area contributed by atoms with Gasteiger partial charge in [0, 0.05) is 19.5 Å². The van der Waals surface area contributed by atoms with Gasteiger partial charge in [-0.25, -0.2) is 0 Å². The zero-order valence-corrected chi connectivity index (χ0v) is 15.3. The molecule has 0 aliphatic carbocycles. The van der Waals surface area contributed by atoms with Crippen LogP contribution in [-0.2, 0) is 12.8 Å². The highest BCUT2D eigenvalue weighted by Crippen LogP contribution is 2.28. The van der Waals surface area contributed by atoms with Crippen molar-refractivity contribution in [2.75, 3.05) is 13.1 Å². The van der Waals surface area contributed by atoms with E-state index in [1.54, 1.807) is 4.90 Å². The fourth-order valence-electron chi connectivity index (χ4n) is 3.00. The lowest BCUT2D eigenvalue weighted by molar-refractivity contribution is 0.0573. The van der Waals surface area contributed by atoms with Gasteiger partial charge in [-0.2, -0.15) is 4.98 Å². The second-order valence-electron chi connectivity index (χ2n) is 6.42.